The van der Waals surface area contributed by atoms with Crippen molar-refractivity contribution in [1.82, 2.24) is 10.2 Å². The Morgan fingerprint density at radius 3 is 2.78 bits per heavy atom. The van der Waals surface area contributed by atoms with Crippen LogP contribution < -0.4 is 5.32 Å². The second kappa shape index (κ2) is 5.66. The molecule has 1 spiro atoms. The zero-order valence-electron chi connectivity index (χ0n) is 10.4. The summed E-state index contributed by atoms with van der Waals surface area (Å²) in [7, 11) is 0. The summed E-state index contributed by atoms with van der Waals surface area (Å²) in [4.78, 5) is 25.8. The number of nitrogens with zero attached hydrogens (tertiary/aromatic N) is 1. The van der Waals surface area contributed by atoms with Crippen molar-refractivity contribution in [2.24, 2.45) is 0 Å². The number of hydrogen-bond acceptors (Lipinski definition) is 3. The standard InChI is InChI=1S/C13H18N2O2S/c1-2-8-18-9-7-15-10-11(16)14-13(12(15)17)5-3-4-6-13/h1H,3-10H2,(H,14,16). The van der Waals surface area contributed by atoms with Crippen LogP contribution in [0.4, 0.5) is 0 Å². The van der Waals surface area contributed by atoms with Crippen molar-refractivity contribution in [3.05, 3.63) is 0 Å². The first-order chi connectivity index (χ1) is 8.68. The zero-order valence-corrected chi connectivity index (χ0v) is 11.2. The molecule has 4 nitrogen and oxygen atoms in total. The van der Waals surface area contributed by atoms with Gasteiger partial charge in [0.05, 0.1) is 12.3 Å². The predicted octanol–water partition coefficient (Wildman–Crippen LogP) is 0.624. The number of hydrogen-bond donors (Lipinski definition) is 1. The molecular weight excluding hydrogens is 248 g/mol. The Morgan fingerprint density at radius 2 is 2.11 bits per heavy atom. The minimum absolute atomic E-state index is 0.0292. The highest BCUT2D eigenvalue weighted by atomic mass is 32.2. The fraction of sp³-hybridized carbons (Fsp3) is 0.692. The second-order valence-electron chi connectivity index (χ2n) is 4.82. The van der Waals surface area contributed by atoms with Crippen LogP contribution >= 0.6 is 11.8 Å². The van der Waals surface area contributed by atoms with Gasteiger partial charge in [0.25, 0.3) is 0 Å². The van der Waals surface area contributed by atoms with Gasteiger partial charge in [0, 0.05) is 12.3 Å². The lowest BCUT2D eigenvalue weighted by Crippen LogP contribution is -2.65. The monoisotopic (exact) mass is 266 g/mol. The molecular formula is C13H18N2O2S. The molecule has 18 heavy (non-hydrogen) atoms. The minimum Gasteiger partial charge on any atom is -0.340 e. The molecule has 0 aromatic heterocycles. The number of piperazine rings is 1. The van der Waals surface area contributed by atoms with Crippen LogP contribution in [0.1, 0.15) is 25.7 Å². The van der Waals surface area contributed by atoms with Gasteiger partial charge in [-0.3, -0.25) is 9.59 Å². The van der Waals surface area contributed by atoms with E-state index in [9.17, 15) is 9.59 Å². The molecule has 2 amide bonds. The molecule has 2 aliphatic rings. The molecule has 98 valence electrons. The predicted molar refractivity (Wildman–Crippen MR) is 72.1 cm³/mol. The van der Waals surface area contributed by atoms with Gasteiger partial charge in [0.1, 0.15) is 5.54 Å². The molecule has 5 heteroatoms. The van der Waals surface area contributed by atoms with Gasteiger partial charge in [-0.1, -0.05) is 18.8 Å². The van der Waals surface area contributed by atoms with Crippen LogP contribution in [0.25, 0.3) is 0 Å². The quantitative estimate of drug-likeness (QED) is 0.599. The summed E-state index contributed by atoms with van der Waals surface area (Å²) in [5.74, 6) is 4.07. The topological polar surface area (TPSA) is 49.4 Å². The molecule has 1 aliphatic carbocycles. The Kier molecular flexibility index (Phi) is 4.18. The van der Waals surface area contributed by atoms with E-state index in [0.717, 1.165) is 31.4 Å². The van der Waals surface area contributed by atoms with Crippen LogP contribution in [0.3, 0.4) is 0 Å². The van der Waals surface area contributed by atoms with Gasteiger partial charge in [-0.2, -0.15) is 0 Å². The number of terminal acetylenes is 1. The maximum Gasteiger partial charge on any atom is 0.248 e. The van der Waals surface area contributed by atoms with Crippen molar-refractivity contribution in [3.63, 3.8) is 0 Å². The molecule has 0 unspecified atom stereocenters. The summed E-state index contributed by atoms with van der Waals surface area (Å²) in [6.45, 7) is 0.803. The summed E-state index contributed by atoms with van der Waals surface area (Å²) < 4.78 is 0. The maximum absolute atomic E-state index is 12.4. The van der Waals surface area contributed by atoms with E-state index in [2.05, 4.69) is 11.2 Å². The third-order valence-electron chi connectivity index (χ3n) is 3.56. The molecule has 1 N–H and O–H groups in total. The van der Waals surface area contributed by atoms with Gasteiger partial charge in [-0.15, -0.1) is 18.2 Å². The Bertz CT molecular complexity index is 383. The zero-order chi connectivity index (χ0) is 13.0. The second-order valence-corrected chi connectivity index (χ2v) is 5.93. The highest BCUT2D eigenvalue weighted by molar-refractivity contribution is 7.99. The van der Waals surface area contributed by atoms with E-state index in [1.807, 2.05) is 0 Å². The smallest absolute Gasteiger partial charge is 0.248 e. The summed E-state index contributed by atoms with van der Waals surface area (Å²) in [5, 5.41) is 2.90. The lowest BCUT2D eigenvalue weighted by Gasteiger charge is -2.39. The Morgan fingerprint density at radius 1 is 1.39 bits per heavy atom. The Hall–Kier alpha value is -1.15. The molecule has 0 radical (unpaired) electrons. The summed E-state index contributed by atoms with van der Waals surface area (Å²) in [6, 6.07) is 0. The molecule has 1 heterocycles. The van der Waals surface area contributed by atoms with Gasteiger partial charge in [0.15, 0.2) is 0 Å². The Labute approximate surface area is 112 Å². The molecule has 1 saturated heterocycles. The molecule has 1 aliphatic heterocycles. The van der Waals surface area contributed by atoms with Crippen molar-refractivity contribution in [2.45, 2.75) is 31.2 Å². The van der Waals surface area contributed by atoms with E-state index < -0.39 is 5.54 Å². The van der Waals surface area contributed by atoms with Gasteiger partial charge in [-0.05, 0) is 12.8 Å². The third-order valence-corrected chi connectivity index (χ3v) is 4.40. The number of thioether (sulfide) groups is 1. The van der Waals surface area contributed by atoms with Crippen LogP contribution in [0, 0.1) is 12.3 Å². The van der Waals surface area contributed by atoms with Crippen molar-refractivity contribution in [3.8, 4) is 12.3 Å². The molecule has 0 atom stereocenters. The van der Waals surface area contributed by atoms with Crippen molar-refractivity contribution >= 4 is 23.6 Å². The first-order valence-corrected chi connectivity index (χ1v) is 7.45. The van der Waals surface area contributed by atoms with E-state index >= 15 is 0 Å². The van der Waals surface area contributed by atoms with Crippen LogP contribution in [0.15, 0.2) is 0 Å². The van der Waals surface area contributed by atoms with Gasteiger partial charge in [0.2, 0.25) is 11.8 Å². The fourth-order valence-electron chi connectivity index (χ4n) is 2.71. The van der Waals surface area contributed by atoms with Crippen LogP contribution in [-0.4, -0.2) is 46.8 Å². The van der Waals surface area contributed by atoms with Crippen molar-refractivity contribution in [2.75, 3.05) is 24.6 Å². The van der Waals surface area contributed by atoms with Gasteiger partial charge >= 0.3 is 0 Å². The first kappa shape index (κ1) is 13.3. The molecule has 0 aromatic rings. The van der Waals surface area contributed by atoms with Crippen molar-refractivity contribution in [1.29, 1.82) is 0 Å². The summed E-state index contributed by atoms with van der Waals surface area (Å²) in [6.07, 6.45) is 8.78. The molecule has 0 bridgehead atoms. The first-order valence-electron chi connectivity index (χ1n) is 6.29. The van der Waals surface area contributed by atoms with Crippen molar-refractivity contribution < 1.29 is 9.59 Å². The number of rotatable bonds is 4. The largest absolute Gasteiger partial charge is 0.340 e. The van der Waals surface area contributed by atoms with Gasteiger partial charge < -0.3 is 10.2 Å². The Balaban J connectivity index is 1.95. The molecule has 0 aromatic carbocycles. The van der Waals surface area contributed by atoms with E-state index in [1.165, 1.54) is 0 Å². The molecule has 1 saturated carbocycles. The van der Waals surface area contributed by atoms with Crippen LogP contribution in [0.5, 0.6) is 0 Å². The lowest BCUT2D eigenvalue weighted by molar-refractivity contribution is -0.149. The molecule has 2 rings (SSSR count). The number of nitrogens with one attached hydrogen (secondary N) is 1. The highest BCUT2D eigenvalue weighted by Crippen LogP contribution is 2.33. The van der Waals surface area contributed by atoms with Crippen LogP contribution in [0.2, 0.25) is 0 Å². The maximum atomic E-state index is 12.4. The lowest BCUT2D eigenvalue weighted by atomic mass is 9.93. The summed E-state index contributed by atoms with van der Waals surface area (Å²) in [5.41, 5.74) is -0.591. The SMILES string of the molecule is C#CCSCCN1CC(=O)NC2(CCCC2)C1=O. The van der Waals surface area contributed by atoms with E-state index in [4.69, 9.17) is 6.42 Å². The number of amides is 2. The highest BCUT2D eigenvalue weighted by Gasteiger charge is 2.47. The third kappa shape index (κ3) is 2.64. The normalized spacial score (nSPS) is 22.1. The average molecular weight is 266 g/mol. The average Bonchev–Trinajstić information content (AvgIpc) is 2.80. The number of carbonyl (C=O) groups is 2. The van der Waals surface area contributed by atoms with Crippen LogP contribution in [-0.2, 0) is 9.59 Å². The van der Waals surface area contributed by atoms with Gasteiger partial charge in [-0.25, -0.2) is 0 Å². The van der Waals surface area contributed by atoms with E-state index in [0.29, 0.717) is 12.3 Å². The van der Waals surface area contributed by atoms with E-state index in [-0.39, 0.29) is 18.4 Å². The molecule has 2 fully saturated rings. The number of carbonyl (C=O) groups excluding carboxylic acids is 2. The summed E-state index contributed by atoms with van der Waals surface area (Å²) >= 11 is 1.62. The fourth-order valence-corrected chi connectivity index (χ4v) is 3.32. The van der Waals surface area contributed by atoms with E-state index in [1.54, 1.807) is 16.7 Å². The minimum atomic E-state index is -0.591.